The highest BCUT2D eigenvalue weighted by molar-refractivity contribution is 5.85. The first-order valence-electron chi connectivity index (χ1n) is 6.01. The van der Waals surface area contributed by atoms with E-state index >= 15 is 0 Å². The fourth-order valence-electron chi connectivity index (χ4n) is 1.74. The zero-order valence-electron chi connectivity index (χ0n) is 11.2. The van der Waals surface area contributed by atoms with Crippen molar-refractivity contribution in [2.24, 2.45) is 5.73 Å². The molecule has 0 aliphatic rings. The maximum Gasteiger partial charge on any atom is 0.236 e. The van der Waals surface area contributed by atoms with E-state index in [1.165, 1.54) is 0 Å². The molecule has 1 amide bonds. The molecule has 0 saturated heterocycles. The van der Waals surface area contributed by atoms with E-state index in [2.05, 4.69) is 10.5 Å². The first kappa shape index (κ1) is 16.9. The normalized spacial score (nSPS) is 11.8. The molecule has 0 aromatic carbocycles. The van der Waals surface area contributed by atoms with Crippen LogP contribution >= 0.6 is 12.4 Å². The Balaban J connectivity index is 0.00000289. The van der Waals surface area contributed by atoms with Crippen LogP contribution < -0.4 is 11.1 Å². The number of hydrogen-bond donors (Lipinski definition) is 2. The minimum absolute atomic E-state index is 0. The van der Waals surface area contributed by atoms with Crippen LogP contribution in [0, 0.1) is 13.8 Å². The van der Waals surface area contributed by atoms with Crippen molar-refractivity contribution in [3.05, 3.63) is 17.0 Å². The molecule has 0 aliphatic carbocycles. The quantitative estimate of drug-likeness (QED) is 0.824. The first-order valence-corrected chi connectivity index (χ1v) is 6.01. The first-order chi connectivity index (χ1) is 8.06. The summed E-state index contributed by atoms with van der Waals surface area (Å²) >= 11 is 0. The number of rotatable bonds is 6. The molecule has 1 heterocycles. The van der Waals surface area contributed by atoms with Crippen LogP contribution in [0.5, 0.6) is 0 Å². The molecule has 18 heavy (non-hydrogen) atoms. The number of nitrogens with one attached hydrogen (secondary N) is 1. The average molecular weight is 276 g/mol. The van der Waals surface area contributed by atoms with Gasteiger partial charge in [-0.1, -0.05) is 18.5 Å². The Morgan fingerprint density at radius 2 is 2.17 bits per heavy atom. The van der Waals surface area contributed by atoms with Gasteiger partial charge in [0.2, 0.25) is 5.91 Å². The predicted octanol–water partition coefficient (Wildman–Crippen LogP) is 1.50. The number of aromatic nitrogens is 1. The highest BCUT2D eigenvalue weighted by atomic mass is 35.5. The fourth-order valence-corrected chi connectivity index (χ4v) is 1.74. The maximum absolute atomic E-state index is 11.6. The van der Waals surface area contributed by atoms with Crippen LogP contribution in [0.1, 0.15) is 36.8 Å². The Kier molecular flexibility index (Phi) is 7.62. The molecular formula is C12H22ClN3O2. The zero-order valence-corrected chi connectivity index (χ0v) is 12.0. The van der Waals surface area contributed by atoms with Crippen LogP contribution in [0.4, 0.5) is 0 Å². The van der Waals surface area contributed by atoms with E-state index in [1.54, 1.807) is 0 Å². The van der Waals surface area contributed by atoms with Gasteiger partial charge in [0.25, 0.3) is 0 Å². The van der Waals surface area contributed by atoms with Crippen molar-refractivity contribution in [2.75, 3.05) is 6.54 Å². The van der Waals surface area contributed by atoms with Crippen molar-refractivity contribution < 1.29 is 9.32 Å². The topological polar surface area (TPSA) is 81.2 Å². The number of aryl methyl sites for hydroxylation is 2. The zero-order chi connectivity index (χ0) is 12.8. The standard InChI is InChI=1S/C12H21N3O2.ClH/c1-4-5-11(13)12(16)14-7-6-10-8(2)15-17-9(10)3;/h11H,4-7,13H2,1-3H3,(H,14,16);1H. The summed E-state index contributed by atoms with van der Waals surface area (Å²) in [4.78, 5) is 11.6. The summed E-state index contributed by atoms with van der Waals surface area (Å²) < 4.78 is 5.05. The van der Waals surface area contributed by atoms with Gasteiger partial charge in [-0.25, -0.2) is 0 Å². The molecule has 1 rings (SSSR count). The van der Waals surface area contributed by atoms with Crippen molar-refractivity contribution in [1.82, 2.24) is 10.5 Å². The second-order valence-corrected chi connectivity index (χ2v) is 4.24. The van der Waals surface area contributed by atoms with Gasteiger partial charge in [-0.3, -0.25) is 4.79 Å². The van der Waals surface area contributed by atoms with Crippen LogP contribution in [0.25, 0.3) is 0 Å². The molecule has 0 saturated carbocycles. The second kappa shape index (κ2) is 8.11. The van der Waals surface area contributed by atoms with Crippen LogP contribution in [0.3, 0.4) is 0 Å². The number of nitrogens with two attached hydrogens (primary N) is 1. The molecule has 1 unspecified atom stereocenters. The number of hydrogen-bond acceptors (Lipinski definition) is 4. The summed E-state index contributed by atoms with van der Waals surface area (Å²) in [5.74, 6) is 0.730. The molecule has 0 spiro atoms. The van der Waals surface area contributed by atoms with E-state index in [0.717, 1.165) is 36.3 Å². The number of carbonyl (C=O) groups is 1. The molecule has 0 fully saturated rings. The minimum atomic E-state index is -0.398. The summed E-state index contributed by atoms with van der Waals surface area (Å²) in [6, 6.07) is -0.398. The van der Waals surface area contributed by atoms with Crippen molar-refractivity contribution in [1.29, 1.82) is 0 Å². The van der Waals surface area contributed by atoms with E-state index in [4.69, 9.17) is 10.3 Å². The molecule has 1 aromatic rings. The minimum Gasteiger partial charge on any atom is -0.361 e. The molecule has 3 N–H and O–H groups in total. The molecule has 0 radical (unpaired) electrons. The average Bonchev–Trinajstić information content (AvgIpc) is 2.60. The number of halogens is 1. The van der Waals surface area contributed by atoms with Gasteiger partial charge in [-0.05, 0) is 26.7 Å². The van der Waals surface area contributed by atoms with Gasteiger partial charge in [-0.15, -0.1) is 12.4 Å². The Morgan fingerprint density at radius 1 is 1.50 bits per heavy atom. The SMILES string of the molecule is CCCC(N)C(=O)NCCc1c(C)noc1C.Cl. The molecule has 6 heteroatoms. The Morgan fingerprint density at radius 3 is 2.67 bits per heavy atom. The Bertz CT molecular complexity index is 360. The van der Waals surface area contributed by atoms with Crippen molar-refractivity contribution >= 4 is 18.3 Å². The van der Waals surface area contributed by atoms with E-state index in [1.807, 2.05) is 20.8 Å². The monoisotopic (exact) mass is 275 g/mol. The largest absolute Gasteiger partial charge is 0.361 e. The van der Waals surface area contributed by atoms with Crippen LogP contribution in [-0.2, 0) is 11.2 Å². The van der Waals surface area contributed by atoms with Gasteiger partial charge in [0.15, 0.2) is 0 Å². The number of amides is 1. The Hall–Kier alpha value is -1.07. The van der Waals surface area contributed by atoms with Gasteiger partial charge >= 0.3 is 0 Å². The third kappa shape index (κ3) is 4.66. The third-order valence-corrected chi connectivity index (χ3v) is 2.79. The molecule has 104 valence electrons. The number of carbonyl (C=O) groups excluding carboxylic acids is 1. The summed E-state index contributed by atoms with van der Waals surface area (Å²) in [5, 5.41) is 6.69. The van der Waals surface area contributed by atoms with Gasteiger partial charge in [0, 0.05) is 12.1 Å². The van der Waals surface area contributed by atoms with E-state index in [-0.39, 0.29) is 18.3 Å². The summed E-state index contributed by atoms with van der Waals surface area (Å²) in [6.45, 7) is 6.35. The lowest BCUT2D eigenvalue weighted by Gasteiger charge is -2.10. The second-order valence-electron chi connectivity index (χ2n) is 4.24. The molecule has 0 bridgehead atoms. The van der Waals surface area contributed by atoms with E-state index < -0.39 is 6.04 Å². The molecular weight excluding hydrogens is 254 g/mol. The van der Waals surface area contributed by atoms with Gasteiger partial charge in [0.05, 0.1) is 11.7 Å². The predicted molar refractivity (Wildman–Crippen MR) is 72.8 cm³/mol. The van der Waals surface area contributed by atoms with Crippen LogP contribution in [0.2, 0.25) is 0 Å². The van der Waals surface area contributed by atoms with Gasteiger partial charge < -0.3 is 15.6 Å². The summed E-state index contributed by atoms with van der Waals surface area (Å²) in [5.41, 5.74) is 7.65. The molecule has 1 atom stereocenters. The smallest absolute Gasteiger partial charge is 0.236 e. The van der Waals surface area contributed by atoms with Crippen molar-refractivity contribution in [2.45, 2.75) is 46.1 Å². The lowest BCUT2D eigenvalue weighted by atomic mass is 10.1. The third-order valence-electron chi connectivity index (χ3n) is 2.79. The van der Waals surface area contributed by atoms with Crippen molar-refractivity contribution in [3.8, 4) is 0 Å². The fraction of sp³-hybridized carbons (Fsp3) is 0.667. The van der Waals surface area contributed by atoms with Gasteiger partial charge in [0.1, 0.15) is 5.76 Å². The van der Waals surface area contributed by atoms with E-state index in [9.17, 15) is 4.79 Å². The highest BCUT2D eigenvalue weighted by Crippen LogP contribution is 2.12. The van der Waals surface area contributed by atoms with E-state index in [0.29, 0.717) is 6.54 Å². The molecule has 0 aliphatic heterocycles. The van der Waals surface area contributed by atoms with Crippen LogP contribution in [0.15, 0.2) is 4.52 Å². The lowest BCUT2D eigenvalue weighted by Crippen LogP contribution is -2.41. The number of nitrogens with zero attached hydrogens (tertiary/aromatic N) is 1. The molecule has 5 nitrogen and oxygen atoms in total. The van der Waals surface area contributed by atoms with Crippen LogP contribution in [-0.4, -0.2) is 23.7 Å². The highest BCUT2D eigenvalue weighted by Gasteiger charge is 2.13. The van der Waals surface area contributed by atoms with Crippen molar-refractivity contribution in [3.63, 3.8) is 0 Å². The Labute approximate surface area is 114 Å². The maximum atomic E-state index is 11.6. The summed E-state index contributed by atoms with van der Waals surface area (Å²) in [7, 11) is 0. The van der Waals surface area contributed by atoms with Gasteiger partial charge in [-0.2, -0.15) is 0 Å². The summed E-state index contributed by atoms with van der Waals surface area (Å²) in [6.07, 6.45) is 2.36. The molecule has 1 aromatic heterocycles. The lowest BCUT2D eigenvalue weighted by molar-refractivity contribution is -0.122.